The van der Waals surface area contributed by atoms with E-state index in [1.54, 1.807) is 0 Å². The zero-order chi connectivity index (χ0) is 8.97. The third-order valence-electron chi connectivity index (χ3n) is 1.79. The third kappa shape index (κ3) is 3.32. The van der Waals surface area contributed by atoms with Crippen LogP contribution in [0.2, 0.25) is 0 Å². The van der Waals surface area contributed by atoms with Gasteiger partial charge in [-0.05, 0) is 24.8 Å². The molecule has 0 aromatic carbocycles. The Kier molecular flexibility index (Phi) is 3.02. The Hall–Kier alpha value is -1.12. The average Bonchev–Trinajstić information content (AvgIpc) is 2.84. The highest BCUT2D eigenvalue weighted by Crippen LogP contribution is 2.32. The fourth-order valence-electron chi connectivity index (χ4n) is 0.904. The third-order valence-corrected chi connectivity index (χ3v) is 1.79. The molecule has 0 N–H and O–H groups in total. The highest BCUT2D eigenvalue weighted by molar-refractivity contribution is 5.95. The van der Waals surface area contributed by atoms with Gasteiger partial charge in [-0.3, -0.25) is 4.79 Å². The van der Waals surface area contributed by atoms with Crippen LogP contribution in [0.3, 0.4) is 0 Å². The monoisotopic (exact) mass is 168 g/mol. The molecule has 0 unspecified atom stereocenters. The van der Waals surface area contributed by atoms with Crippen LogP contribution in [0.5, 0.6) is 0 Å². The lowest BCUT2D eigenvalue weighted by molar-refractivity contribution is -0.135. The molecule has 1 saturated carbocycles. The highest BCUT2D eigenvalue weighted by atomic mass is 16.5. The van der Waals surface area contributed by atoms with Crippen LogP contribution in [0.15, 0.2) is 12.2 Å². The maximum atomic E-state index is 11.0. The van der Waals surface area contributed by atoms with Gasteiger partial charge < -0.3 is 4.74 Å². The van der Waals surface area contributed by atoms with E-state index in [4.69, 9.17) is 0 Å². The van der Waals surface area contributed by atoms with Crippen LogP contribution >= 0.6 is 0 Å². The summed E-state index contributed by atoms with van der Waals surface area (Å²) < 4.78 is 4.34. The molecule has 1 aliphatic carbocycles. The predicted molar refractivity (Wildman–Crippen MR) is 43.5 cm³/mol. The van der Waals surface area contributed by atoms with Crippen molar-refractivity contribution in [2.24, 2.45) is 5.92 Å². The molecule has 66 valence electrons. The van der Waals surface area contributed by atoms with Gasteiger partial charge in [0, 0.05) is 12.5 Å². The Morgan fingerprint density at radius 3 is 2.58 bits per heavy atom. The van der Waals surface area contributed by atoms with Gasteiger partial charge in [0.2, 0.25) is 0 Å². The van der Waals surface area contributed by atoms with Crippen molar-refractivity contribution in [2.75, 3.05) is 7.11 Å². The second-order valence-electron chi connectivity index (χ2n) is 2.97. The lowest BCUT2D eigenvalue weighted by Crippen LogP contribution is -1.98. The standard InChI is InChI=1S/C9H12O3/c1-12-9(11)5-4-8(10)6-7-2-3-7/h4-5,7H,2-3,6H2,1H3/b5-4-. The van der Waals surface area contributed by atoms with Gasteiger partial charge >= 0.3 is 5.97 Å². The zero-order valence-corrected chi connectivity index (χ0v) is 7.08. The number of carbonyl (C=O) groups excluding carboxylic acids is 2. The van der Waals surface area contributed by atoms with Gasteiger partial charge in [0.25, 0.3) is 0 Å². The fourth-order valence-corrected chi connectivity index (χ4v) is 0.904. The minimum absolute atomic E-state index is 0.0166. The van der Waals surface area contributed by atoms with Gasteiger partial charge in [-0.15, -0.1) is 0 Å². The summed E-state index contributed by atoms with van der Waals surface area (Å²) in [4.78, 5) is 21.6. The van der Waals surface area contributed by atoms with Gasteiger partial charge in [-0.2, -0.15) is 0 Å². The van der Waals surface area contributed by atoms with E-state index in [1.165, 1.54) is 19.3 Å². The molecule has 1 fully saturated rings. The molecule has 0 atom stereocenters. The maximum absolute atomic E-state index is 11.0. The first kappa shape index (κ1) is 8.97. The summed E-state index contributed by atoms with van der Waals surface area (Å²) in [5.41, 5.74) is 0. The van der Waals surface area contributed by atoms with Crippen LogP contribution in [-0.2, 0) is 14.3 Å². The highest BCUT2D eigenvalue weighted by Gasteiger charge is 2.23. The minimum Gasteiger partial charge on any atom is -0.466 e. The summed E-state index contributed by atoms with van der Waals surface area (Å²) in [6.07, 6.45) is 5.35. The number of hydrogen-bond acceptors (Lipinski definition) is 3. The van der Waals surface area contributed by atoms with Crippen LogP contribution < -0.4 is 0 Å². The van der Waals surface area contributed by atoms with E-state index in [2.05, 4.69) is 4.74 Å². The molecule has 0 heterocycles. The molecule has 0 aromatic heterocycles. The Morgan fingerprint density at radius 2 is 2.08 bits per heavy atom. The number of rotatable bonds is 4. The molecule has 3 heteroatoms. The van der Waals surface area contributed by atoms with Crippen molar-refractivity contribution in [2.45, 2.75) is 19.3 Å². The van der Waals surface area contributed by atoms with Crippen molar-refractivity contribution in [3.8, 4) is 0 Å². The van der Waals surface area contributed by atoms with Gasteiger partial charge in [0.15, 0.2) is 5.78 Å². The molecule has 0 aliphatic heterocycles. The van der Waals surface area contributed by atoms with E-state index in [1.807, 2.05) is 0 Å². The minimum atomic E-state index is -0.473. The van der Waals surface area contributed by atoms with E-state index in [-0.39, 0.29) is 5.78 Å². The normalized spacial score (nSPS) is 16.4. The van der Waals surface area contributed by atoms with E-state index in [0.29, 0.717) is 12.3 Å². The summed E-state index contributed by atoms with van der Waals surface area (Å²) in [6, 6.07) is 0. The number of allylic oxidation sites excluding steroid dienone is 1. The molecule has 3 nitrogen and oxygen atoms in total. The van der Waals surface area contributed by atoms with Gasteiger partial charge in [0.1, 0.15) is 0 Å². The number of methoxy groups -OCH3 is 1. The van der Waals surface area contributed by atoms with Crippen molar-refractivity contribution in [3.63, 3.8) is 0 Å². The average molecular weight is 168 g/mol. The Labute approximate surface area is 71.4 Å². The molecule has 0 radical (unpaired) electrons. The number of hydrogen-bond donors (Lipinski definition) is 0. The van der Waals surface area contributed by atoms with E-state index < -0.39 is 5.97 Å². The second-order valence-corrected chi connectivity index (χ2v) is 2.97. The Balaban J connectivity index is 2.23. The molecule has 1 aliphatic rings. The number of ether oxygens (including phenoxy) is 1. The second kappa shape index (κ2) is 4.04. The number of esters is 1. The van der Waals surface area contributed by atoms with Gasteiger partial charge in [-0.25, -0.2) is 4.79 Å². The van der Waals surface area contributed by atoms with Crippen molar-refractivity contribution in [3.05, 3.63) is 12.2 Å². The summed E-state index contributed by atoms with van der Waals surface area (Å²) >= 11 is 0. The van der Waals surface area contributed by atoms with Crippen LogP contribution in [0.25, 0.3) is 0 Å². The van der Waals surface area contributed by atoms with Crippen molar-refractivity contribution < 1.29 is 14.3 Å². The molecule has 1 rings (SSSR count). The van der Waals surface area contributed by atoms with Crippen LogP contribution in [0.4, 0.5) is 0 Å². The largest absolute Gasteiger partial charge is 0.466 e. The summed E-state index contributed by atoms with van der Waals surface area (Å²) in [5, 5.41) is 0. The maximum Gasteiger partial charge on any atom is 0.330 e. The molecular formula is C9H12O3. The lowest BCUT2D eigenvalue weighted by atomic mass is 10.2. The smallest absolute Gasteiger partial charge is 0.330 e. The van der Waals surface area contributed by atoms with Crippen LogP contribution in [0, 0.1) is 5.92 Å². The van der Waals surface area contributed by atoms with Crippen molar-refractivity contribution in [1.29, 1.82) is 0 Å². The molecule has 0 saturated heterocycles. The summed E-state index contributed by atoms with van der Waals surface area (Å²) in [5.74, 6) is 0.113. The van der Waals surface area contributed by atoms with Gasteiger partial charge in [0.05, 0.1) is 7.11 Å². The van der Waals surface area contributed by atoms with E-state index >= 15 is 0 Å². The van der Waals surface area contributed by atoms with Gasteiger partial charge in [-0.1, -0.05) is 0 Å². The quantitative estimate of drug-likeness (QED) is 0.466. The Bertz CT molecular complexity index is 214. The summed E-state index contributed by atoms with van der Waals surface area (Å²) in [7, 11) is 1.29. The predicted octanol–water partition coefficient (Wildman–Crippen LogP) is 1.08. The molecule has 0 aromatic rings. The summed E-state index contributed by atoms with van der Waals surface area (Å²) in [6.45, 7) is 0. The molecular weight excluding hydrogens is 156 g/mol. The lowest BCUT2D eigenvalue weighted by Gasteiger charge is -1.90. The molecule has 0 amide bonds. The SMILES string of the molecule is COC(=O)/C=C\C(=O)CC1CC1. The van der Waals surface area contributed by atoms with E-state index in [0.717, 1.165) is 12.8 Å². The number of ketones is 1. The first-order chi connectivity index (χ1) is 5.72. The Morgan fingerprint density at radius 1 is 1.42 bits per heavy atom. The van der Waals surface area contributed by atoms with Crippen molar-refractivity contribution >= 4 is 11.8 Å². The first-order valence-electron chi connectivity index (χ1n) is 4.01. The fraction of sp³-hybridized carbons (Fsp3) is 0.556. The molecule has 0 bridgehead atoms. The van der Waals surface area contributed by atoms with Crippen molar-refractivity contribution in [1.82, 2.24) is 0 Å². The zero-order valence-electron chi connectivity index (χ0n) is 7.08. The van der Waals surface area contributed by atoms with E-state index in [9.17, 15) is 9.59 Å². The molecule has 0 spiro atoms. The number of carbonyl (C=O) groups is 2. The topological polar surface area (TPSA) is 43.4 Å². The molecule has 12 heavy (non-hydrogen) atoms. The van der Waals surface area contributed by atoms with Crippen LogP contribution in [-0.4, -0.2) is 18.9 Å². The first-order valence-corrected chi connectivity index (χ1v) is 4.01. The van der Waals surface area contributed by atoms with Crippen LogP contribution in [0.1, 0.15) is 19.3 Å².